The lowest BCUT2D eigenvalue weighted by Crippen LogP contribution is -2.23. The molecule has 4 N–H and O–H groups in total. The van der Waals surface area contributed by atoms with E-state index in [4.69, 9.17) is 0 Å². The number of phenolic OH excluding ortho intramolecular Hbond substituents is 1. The fraction of sp³-hybridized carbons (Fsp3) is 0.280. The van der Waals surface area contributed by atoms with Crippen LogP contribution in [0.4, 0.5) is 24.7 Å². The zero-order valence-corrected chi connectivity index (χ0v) is 18.7. The molecular weight excluding hydrogens is 459 g/mol. The van der Waals surface area contributed by atoms with Gasteiger partial charge in [0.15, 0.2) is 5.82 Å². The van der Waals surface area contributed by atoms with E-state index in [2.05, 4.69) is 20.7 Å². The Kier molecular flexibility index (Phi) is 5.88. The Hall–Kier alpha value is -3.95. The number of hydrogen-bond acceptors (Lipinski definition) is 4. The van der Waals surface area contributed by atoms with Crippen molar-refractivity contribution >= 4 is 23.1 Å². The number of alkyl halides is 3. The standard InChI is InChI=1S/C25H24F3N5O2/c26-25(27,28)16-8-6-15(7-9-16)21-23(30-17-4-2-1-3-5-17)33-22(32-21)20(14-29-33)24(35)31-18-10-12-19(34)13-11-18/h6-14,17,30,32,34H,1-5H2,(H,31,35). The number of imidazole rings is 1. The predicted molar refractivity (Wildman–Crippen MR) is 127 cm³/mol. The van der Waals surface area contributed by atoms with Gasteiger partial charge in [-0.25, -0.2) is 0 Å². The molecule has 4 aromatic rings. The molecule has 10 heteroatoms. The van der Waals surface area contributed by atoms with E-state index in [9.17, 15) is 23.1 Å². The van der Waals surface area contributed by atoms with Crippen LogP contribution in [0.3, 0.4) is 0 Å². The van der Waals surface area contributed by atoms with Crippen molar-refractivity contribution in [1.29, 1.82) is 0 Å². The van der Waals surface area contributed by atoms with Gasteiger partial charge in [0.05, 0.1) is 17.5 Å². The maximum Gasteiger partial charge on any atom is 0.416 e. The molecule has 0 unspecified atom stereocenters. The van der Waals surface area contributed by atoms with Crippen LogP contribution in [0.1, 0.15) is 48.0 Å². The molecule has 7 nitrogen and oxygen atoms in total. The zero-order valence-electron chi connectivity index (χ0n) is 18.7. The average molecular weight is 483 g/mol. The number of fused-ring (bicyclic) bond motifs is 1. The third-order valence-electron chi connectivity index (χ3n) is 6.28. The van der Waals surface area contributed by atoms with Gasteiger partial charge < -0.3 is 20.7 Å². The number of aromatic hydroxyl groups is 1. The summed E-state index contributed by atoms with van der Waals surface area (Å²) in [7, 11) is 0. The molecule has 2 aromatic carbocycles. The van der Waals surface area contributed by atoms with Gasteiger partial charge in [-0.3, -0.25) is 4.79 Å². The first-order valence-corrected chi connectivity index (χ1v) is 11.4. The largest absolute Gasteiger partial charge is 0.508 e. The highest BCUT2D eigenvalue weighted by Gasteiger charge is 2.30. The van der Waals surface area contributed by atoms with Gasteiger partial charge in [0.2, 0.25) is 0 Å². The molecule has 1 aliphatic carbocycles. The summed E-state index contributed by atoms with van der Waals surface area (Å²) in [5.74, 6) is 0.283. The summed E-state index contributed by atoms with van der Waals surface area (Å²) >= 11 is 0. The first kappa shape index (κ1) is 22.8. The van der Waals surface area contributed by atoms with E-state index >= 15 is 0 Å². The number of halogens is 3. The first-order valence-electron chi connectivity index (χ1n) is 11.4. The minimum Gasteiger partial charge on any atom is -0.508 e. The number of benzene rings is 2. The van der Waals surface area contributed by atoms with Gasteiger partial charge in [0.1, 0.15) is 17.0 Å². The van der Waals surface area contributed by atoms with Crippen molar-refractivity contribution in [2.24, 2.45) is 0 Å². The zero-order chi connectivity index (χ0) is 24.6. The highest BCUT2D eigenvalue weighted by atomic mass is 19.4. The van der Waals surface area contributed by atoms with Gasteiger partial charge in [-0.05, 0) is 49.2 Å². The normalized spacial score (nSPS) is 14.8. The molecular formula is C25H24F3N5O2. The van der Waals surface area contributed by atoms with Crippen molar-refractivity contribution in [3.05, 3.63) is 65.9 Å². The van der Waals surface area contributed by atoms with E-state index in [0.717, 1.165) is 37.8 Å². The number of rotatable bonds is 5. The molecule has 5 rings (SSSR count). The van der Waals surface area contributed by atoms with Crippen LogP contribution in [0.5, 0.6) is 5.75 Å². The van der Waals surface area contributed by atoms with Crippen molar-refractivity contribution in [3.8, 4) is 17.0 Å². The Bertz CT molecular complexity index is 1330. The number of aromatic nitrogens is 3. The molecule has 0 aliphatic heterocycles. The Labute approximate surface area is 199 Å². The van der Waals surface area contributed by atoms with Gasteiger partial charge in [-0.2, -0.15) is 22.8 Å². The van der Waals surface area contributed by atoms with Gasteiger partial charge in [0.25, 0.3) is 5.91 Å². The highest BCUT2D eigenvalue weighted by molar-refractivity contribution is 6.08. The van der Waals surface area contributed by atoms with Crippen LogP contribution in [0, 0.1) is 0 Å². The second-order valence-corrected chi connectivity index (χ2v) is 8.72. The van der Waals surface area contributed by atoms with Crippen LogP contribution in [0.15, 0.2) is 54.7 Å². The third kappa shape index (κ3) is 4.68. The Morgan fingerprint density at radius 3 is 2.37 bits per heavy atom. The fourth-order valence-corrected chi connectivity index (χ4v) is 4.44. The summed E-state index contributed by atoms with van der Waals surface area (Å²) in [5, 5.41) is 20.1. The van der Waals surface area contributed by atoms with Crippen molar-refractivity contribution in [2.45, 2.75) is 44.3 Å². The van der Waals surface area contributed by atoms with Gasteiger partial charge in [-0.1, -0.05) is 31.4 Å². The molecule has 1 aliphatic rings. The van der Waals surface area contributed by atoms with Gasteiger partial charge in [0, 0.05) is 17.3 Å². The molecule has 0 spiro atoms. The van der Waals surface area contributed by atoms with E-state index in [1.54, 1.807) is 16.6 Å². The second-order valence-electron chi connectivity index (χ2n) is 8.72. The number of carbonyl (C=O) groups excluding carboxylic acids is 1. The van der Waals surface area contributed by atoms with Crippen molar-refractivity contribution in [3.63, 3.8) is 0 Å². The summed E-state index contributed by atoms with van der Waals surface area (Å²) in [6.45, 7) is 0. The average Bonchev–Trinajstić information content (AvgIpc) is 3.41. The number of anilines is 2. The topological polar surface area (TPSA) is 94.4 Å². The van der Waals surface area contributed by atoms with Crippen LogP contribution in [-0.2, 0) is 6.18 Å². The molecule has 2 aromatic heterocycles. The lowest BCUT2D eigenvalue weighted by atomic mass is 9.95. The number of nitrogens with one attached hydrogen (secondary N) is 3. The lowest BCUT2D eigenvalue weighted by Gasteiger charge is -2.23. The van der Waals surface area contributed by atoms with E-state index in [0.29, 0.717) is 28.4 Å². The monoisotopic (exact) mass is 483 g/mol. The Balaban J connectivity index is 1.53. The fourth-order valence-electron chi connectivity index (χ4n) is 4.44. The van der Waals surface area contributed by atoms with Crippen molar-refractivity contribution in [1.82, 2.24) is 14.6 Å². The quantitative estimate of drug-likeness (QED) is 0.260. The summed E-state index contributed by atoms with van der Waals surface area (Å²) in [6.07, 6.45) is 2.36. The highest BCUT2D eigenvalue weighted by Crippen LogP contribution is 2.35. The molecule has 0 radical (unpaired) electrons. The lowest BCUT2D eigenvalue weighted by molar-refractivity contribution is -0.137. The van der Waals surface area contributed by atoms with Crippen LogP contribution >= 0.6 is 0 Å². The number of nitrogens with zero attached hydrogens (tertiary/aromatic N) is 2. The van der Waals surface area contributed by atoms with Crippen molar-refractivity contribution < 1.29 is 23.1 Å². The second kappa shape index (κ2) is 9.01. The Morgan fingerprint density at radius 1 is 1.03 bits per heavy atom. The number of H-pyrrole nitrogens is 1. The van der Waals surface area contributed by atoms with E-state index in [-0.39, 0.29) is 17.4 Å². The van der Waals surface area contributed by atoms with Crippen LogP contribution < -0.4 is 10.6 Å². The maximum atomic E-state index is 13.1. The molecule has 0 atom stereocenters. The smallest absolute Gasteiger partial charge is 0.416 e. The summed E-state index contributed by atoms with van der Waals surface area (Å²) < 4.78 is 40.8. The summed E-state index contributed by atoms with van der Waals surface area (Å²) in [6, 6.07) is 11.2. The van der Waals surface area contributed by atoms with E-state index in [1.165, 1.54) is 36.9 Å². The predicted octanol–water partition coefficient (Wildman–Crippen LogP) is 6.05. The number of amides is 1. The maximum absolute atomic E-state index is 13.1. The number of hydrogen-bond donors (Lipinski definition) is 4. The van der Waals surface area contributed by atoms with E-state index < -0.39 is 17.6 Å². The Morgan fingerprint density at radius 2 is 1.71 bits per heavy atom. The molecule has 182 valence electrons. The first-order chi connectivity index (χ1) is 16.8. The molecule has 0 bridgehead atoms. The molecule has 2 heterocycles. The van der Waals surface area contributed by atoms with Crippen LogP contribution in [0.25, 0.3) is 16.9 Å². The number of phenols is 1. The van der Waals surface area contributed by atoms with Gasteiger partial charge in [-0.15, -0.1) is 0 Å². The summed E-state index contributed by atoms with van der Waals surface area (Å²) in [4.78, 5) is 16.2. The SMILES string of the molecule is O=C(Nc1ccc(O)cc1)c1cnn2c(NC3CCCCC3)c(-c3ccc(C(F)(F)F)cc3)[nH]c12. The third-order valence-corrected chi connectivity index (χ3v) is 6.28. The molecule has 1 fully saturated rings. The molecule has 1 saturated carbocycles. The number of carbonyl (C=O) groups is 1. The van der Waals surface area contributed by atoms with Gasteiger partial charge >= 0.3 is 6.18 Å². The van der Waals surface area contributed by atoms with Crippen LogP contribution in [-0.4, -0.2) is 31.7 Å². The molecule has 1 amide bonds. The van der Waals surface area contributed by atoms with Crippen molar-refractivity contribution in [2.75, 3.05) is 10.6 Å². The van der Waals surface area contributed by atoms with E-state index in [1.807, 2.05) is 0 Å². The van der Waals surface area contributed by atoms with Crippen LogP contribution in [0.2, 0.25) is 0 Å². The minimum atomic E-state index is -4.43. The summed E-state index contributed by atoms with van der Waals surface area (Å²) in [5.41, 5.74) is 1.59. The molecule has 0 saturated heterocycles. The number of aromatic amines is 1. The minimum absolute atomic E-state index is 0.0832. The molecule has 35 heavy (non-hydrogen) atoms.